The summed E-state index contributed by atoms with van der Waals surface area (Å²) in [5, 5.41) is 15.5. The Morgan fingerprint density at radius 3 is 2.58 bits per heavy atom. The number of nitrogens with zero attached hydrogens (tertiary/aromatic N) is 6. The lowest BCUT2D eigenvalue weighted by atomic mass is 10.1. The molecule has 2 atom stereocenters. The van der Waals surface area contributed by atoms with E-state index in [0.717, 1.165) is 67.6 Å². The number of aromatic nitrogens is 3. The molecular formula is C19H30N6O. The number of fused-ring (bicyclic) bond motifs is 1. The van der Waals surface area contributed by atoms with Crippen molar-refractivity contribution < 1.29 is 5.11 Å². The molecule has 2 fully saturated rings. The van der Waals surface area contributed by atoms with E-state index in [2.05, 4.69) is 41.7 Å². The van der Waals surface area contributed by atoms with Gasteiger partial charge in [0.1, 0.15) is 5.82 Å². The van der Waals surface area contributed by atoms with Crippen molar-refractivity contribution in [1.82, 2.24) is 24.4 Å². The van der Waals surface area contributed by atoms with Crippen molar-refractivity contribution in [3.8, 4) is 0 Å². The van der Waals surface area contributed by atoms with Crippen molar-refractivity contribution in [1.29, 1.82) is 0 Å². The third-order valence-electron chi connectivity index (χ3n) is 6.04. The molecule has 0 aromatic carbocycles. The zero-order valence-corrected chi connectivity index (χ0v) is 16.3. The van der Waals surface area contributed by atoms with Gasteiger partial charge in [0.15, 0.2) is 5.65 Å². The molecule has 7 nitrogen and oxygen atoms in total. The van der Waals surface area contributed by atoms with E-state index in [1.54, 1.807) is 0 Å². The number of hydrogen-bond acceptors (Lipinski definition) is 6. The third-order valence-corrected chi connectivity index (χ3v) is 6.04. The minimum Gasteiger partial charge on any atom is -0.390 e. The zero-order valence-electron chi connectivity index (χ0n) is 16.3. The lowest BCUT2D eigenvalue weighted by molar-refractivity contribution is 0.0512. The van der Waals surface area contributed by atoms with Crippen LogP contribution in [0, 0.1) is 13.8 Å². The van der Waals surface area contributed by atoms with Gasteiger partial charge in [0, 0.05) is 56.6 Å². The highest BCUT2D eigenvalue weighted by atomic mass is 16.3. The molecule has 0 spiro atoms. The number of anilines is 1. The first-order chi connectivity index (χ1) is 12.5. The summed E-state index contributed by atoms with van der Waals surface area (Å²) in [6.07, 6.45) is 0.565. The second-order valence-electron chi connectivity index (χ2n) is 7.78. The summed E-state index contributed by atoms with van der Waals surface area (Å²) in [5.74, 6) is 1.05. The maximum atomic E-state index is 10.8. The lowest BCUT2D eigenvalue weighted by Crippen LogP contribution is -2.52. The second-order valence-corrected chi connectivity index (χ2v) is 7.78. The summed E-state index contributed by atoms with van der Waals surface area (Å²) in [4.78, 5) is 11.9. The smallest absolute Gasteiger partial charge is 0.160 e. The van der Waals surface area contributed by atoms with Gasteiger partial charge in [-0.3, -0.25) is 4.90 Å². The van der Waals surface area contributed by atoms with Crippen LogP contribution >= 0.6 is 0 Å². The summed E-state index contributed by atoms with van der Waals surface area (Å²) in [5.41, 5.74) is 4.17. The molecule has 4 heterocycles. The molecule has 0 amide bonds. The molecule has 0 unspecified atom stereocenters. The molecule has 7 heteroatoms. The monoisotopic (exact) mass is 358 g/mol. The molecule has 0 bridgehead atoms. The van der Waals surface area contributed by atoms with Crippen molar-refractivity contribution in [3.63, 3.8) is 0 Å². The van der Waals surface area contributed by atoms with Crippen LogP contribution in [0.25, 0.3) is 5.65 Å². The molecule has 1 N–H and O–H groups in total. The third kappa shape index (κ3) is 2.98. The standard InChI is InChI=1S/C19H30N6O/c1-5-15-10-18(25-19(20-15)13(2)14(3)21-25)24-11-16(17(26)12-24)23-8-6-22(4)7-9-23/h10,16-17,26H,5-9,11-12H2,1-4H3/t16-,17-/m0/s1. The van der Waals surface area contributed by atoms with Crippen LogP contribution in [0.15, 0.2) is 6.07 Å². The van der Waals surface area contributed by atoms with E-state index in [0.29, 0.717) is 6.54 Å². The molecule has 4 rings (SSSR count). The van der Waals surface area contributed by atoms with Crippen LogP contribution < -0.4 is 4.90 Å². The van der Waals surface area contributed by atoms with E-state index in [1.165, 1.54) is 0 Å². The molecule has 0 aliphatic carbocycles. The van der Waals surface area contributed by atoms with Gasteiger partial charge in [0.25, 0.3) is 0 Å². The van der Waals surface area contributed by atoms with Gasteiger partial charge in [-0.25, -0.2) is 4.98 Å². The van der Waals surface area contributed by atoms with E-state index in [1.807, 2.05) is 11.4 Å². The normalized spacial score (nSPS) is 25.5. The SMILES string of the molecule is CCc1cc(N2C[C@H](O)[C@@H](N3CCN(C)CC3)C2)n2nc(C)c(C)c2n1. The van der Waals surface area contributed by atoms with E-state index < -0.39 is 0 Å². The average Bonchev–Trinajstić information content (AvgIpc) is 3.15. The first-order valence-electron chi connectivity index (χ1n) is 9.69. The Balaban J connectivity index is 1.64. The van der Waals surface area contributed by atoms with E-state index >= 15 is 0 Å². The van der Waals surface area contributed by atoms with E-state index in [9.17, 15) is 5.11 Å². The van der Waals surface area contributed by atoms with Crippen LogP contribution in [0.2, 0.25) is 0 Å². The number of aryl methyl sites for hydroxylation is 3. The summed E-state index contributed by atoms with van der Waals surface area (Å²) in [7, 11) is 2.16. The van der Waals surface area contributed by atoms with Crippen LogP contribution in [0.1, 0.15) is 23.9 Å². The number of aliphatic hydroxyl groups is 1. The van der Waals surface area contributed by atoms with Gasteiger partial charge in [-0.15, -0.1) is 0 Å². The largest absolute Gasteiger partial charge is 0.390 e. The first kappa shape index (κ1) is 17.7. The quantitative estimate of drug-likeness (QED) is 0.872. The number of rotatable bonds is 3. The summed E-state index contributed by atoms with van der Waals surface area (Å²) in [6.45, 7) is 11.9. The molecule has 26 heavy (non-hydrogen) atoms. The second kappa shape index (κ2) is 6.79. The van der Waals surface area contributed by atoms with Crippen LogP contribution in [-0.4, -0.2) is 88.0 Å². The van der Waals surface area contributed by atoms with E-state index in [4.69, 9.17) is 10.1 Å². The Kier molecular flexibility index (Phi) is 4.62. The maximum absolute atomic E-state index is 10.8. The number of piperazine rings is 1. The molecule has 2 aromatic rings. The number of hydrogen-bond donors (Lipinski definition) is 1. The molecule has 142 valence electrons. The van der Waals surface area contributed by atoms with Gasteiger partial charge in [-0.2, -0.15) is 9.61 Å². The Morgan fingerprint density at radius 2 is 1.88 bits per heavy atom. The highest BCUT2D eigenvalue weighted by Gasteiger charge is 2.37. The Morgan fingerprint density at radius 1 is 1.15 bits per heavy atom. The molecule has 0 radical (unpaired) electrons. The topological polar surface area (TPSA) is 60.1 Å². The highest BCUT2D eigenvalue weighted by molar-refractivity contribution is 5.57. The molecule has 2 aromatic heterocycles. The fraction of sp³-hybridized carbons (Fsp3) is 0.684. The number of β-amino-alcohol motifs (C(OH)–C–C–N with tert-alkyl or cyclic N) is 1. The Bertz CT molecular complexity index is 795. The van der Waals surface area contributed by atoms with Crippen molar-refractivity contribution in [2.24, 2.45) is 0 Å². The summed E-state index contributed by atoms with van der Waals surface area (Å²) < 4.78 is 1.96. The maximum Gasteiger partial charge on any atom is 0.160 e. The minimum atomic E-state index is -0.329. The lowest BCUT2D eigenvalue weighted by Gasteiger charge is -2.37. The van der Waals surface area contributed by atoms with E-state index in [-0.39, 0.29) is 12.1 Å². The fourth-order valence-electron chi connectivity index (χ4n) is 4.14. The van der Waals surface area contributed by atoms with Gasteiger partial charge in [0.05, 0.1) is 17.8 Å². The summed E-state index contributed by atoms with van der Waals surface area (Å²) >= 11 is 0. The van der Waals surface area contributed by atoms with Crippen molar-refractivity contribution in [3.05, 3.63) is 23.0 Å². The Labute approximate surface area is 155 Å². The van der Waals surface area contributed by atoms with Gasteiger partial charge in [-0.05, 0) is 27.3 Å². The van der Waals surface area contributed by atoms with Crippen molar-refractivity contribution in [2.45, 2.75) is 39.3 Å². The van der Waals surface area contributed by atoms with Gasteiger partial charge in [-0.1, -0.05) is 6.92 Å². The van der Waals surface area contributed by atoms with Crippen LogP contribution in [-0.2, 0) is 6.42 Å². The van der Waals surface area contributed by atoms with Crippen molar-refractivity contribution >= 4 is 11.5 Å². The number of aliphatic hydroxyl groups excluding tert-OH is 1. The molecule has 2 aliphatic rings. The predicted molar refractivity (Wildman–Crippen MR) is 103 cm³/mol. The predicted octanol–water partition coefficient (Wildman–Crippen LogP) is 0.705. The van der Waals surface area contributed by atoms with Crippen LogP contribution in [0.3, 0.4) is 0 Å². The van der Waals surface area contributed by atoms with Crippen molar-refractivity contribution in [2.75, 3.05) is 51.2 Å². The molecular weight excluding hydrogens is 328 g/mol. The first-order valence-corrected chi connectivity index (χ1v) is 9.69. The molecule has 2 aliphatic heterocycles. The minimum absolute atomic E-state index is 0.190. The fourth-order valence-corrected chi connectivity index (χ4v) is 4.14. The average molecular weight is 358 g/mol. The molecule has 2 saturated heterocycles. The van der Waals surface area contributed by atoms with Crippen LogP contribution in [0.5, 0.6) is 0 Å². The highest BCUT2D eigenvalue weighted by Crippen LogP contribution is 2.27. The van der Waals surface area contributed by atoms with Gasteiger partial charge >= 0.3 is 0 Å². The Hall–Kier alpha value is -1.70. The van der Waals surface area contributed by atoms with Gasteiger partial charge < -0.3 is 14.9 Å². The van der Waals surface area contributed by atoms with Gasteiger partial charge in [0.2, 0.25) is 0 Å². The zero-order chi connectivity index (χ0) is 18.4. The summed E-state index contributed by atoms with van der Waals surface area (Å²) in [6, 6.07) is 2.33. The molecule has 0 saturated carbocycles. The van der Waals surface area contributed by atoms with Crippen LogP contribution in [0.4, 0.5) is 5.82 Å². The number of likely N-dealkylation sites (N-methyl/N-ethyl adjacent to an activating group) is 1.